The van der Waals surface area contributed by atoms with E-state index in [1.54, 1.807) is 12.1 Å². The third kappa shape index (κ3) is 3.72. The van der Waals surface area contributed by atoms with Gasteiger partial charge in [0.25, 0.3) is 5.91 Å². The van der Waals surface area contributed by atoms with Gasteiger partial charge in [-0.15, -0.1) is 0 Å². The Bertz CT molecular complexity index is 804. The van der Waals surface area contributed by atoms with Crippen LogP contribution in [-0.2, 0) is 6.54 Å². The van der Waals surface area contributed by atoms with Crippen LogP contribution in [0.4, 0.5) is 0 Å². The van der Waals surface area contributed by atoms with Crippen LogP contribution >= 0.6 is 0 Å². The summed E-state index contributed by atoms with van der Waals surface area (Å²) in [5, 5.41) is 4.09. The molecule has 0 saturated carbocycles. The molecule has 4 nitrogen and oxygen atoms in total. The van der Waals surface area contributed by atoms with Crippen molar-refractivity contribution in [3.05, 3.63) is 65.9 Å². The second-order valence-electron chi connectivity index (χ2n) is 5.77. The van der Waals surface area contributed by atoms with Crippen molar-refractivity contribution >= 4 is 16.8 Å². The zero-order chi connectivity index (χ0) is 16.2. The number of H-pyrrole nitrogens is 1. The summed E-state index contributed by atoms with van der Waals surface area (Å²) in [7, 11) is 0. The van der Waals surface area contributed by atoms with Gasteiger partial charge in [-0.3, -0.25) is 4.79 Å². The standard InChI is InChI=1S/C19H20N2O2/c1-13(2)23-17-6-4-15(5-7-17)19(22)21-12-14-3-8-18-16(11-14)9-10-20-18/h3-11,13,20H,12H2,1-2H3,(H,21,22). The van der Waals surface area contributed by atoms with E-state index in [9.17, 15) is 4.79 Å². The normalized spacial score (nSPS) is 10.9. The lowest BCUT2D eigenvalue weighted by Gasteiger charge is -2.10. The van der Waals surface area contributed by atoms with Gasteiger partial charge in [-0.05, 0) is 67.3 Å². The van der Waals surface area contributed by atoms with E-state index >= 15 is 0 Å². The number of benzene rings is 2. The highest BCUT2D eigenvalue weighted by molar-refractivity contribution is 5.94. The molecule has 3 rings (SSSR count). The number of carbonyl (C=O) groups is 1. The first kappa shape index (κ1) is 15.2. The van der Waals surface area contributed by atoms with Crippen LogP contribution in [0.2, 0.25) is 0 Å². The van der Waals surface area contributed by atoms with Crippen LogP contribution in [0, 0.1) is 0 Å². The van der Waals surface area contributed by atoms with Crippen molar-refractivity contribution in [1.29, 1.82) is 0 Å². The van der Waals surface area contributed by atoms with Gasteiger partial charge >= 0.3 is 0 Å². The minimum atomic E-state index is -0.0877. The molecule has 0 saturated heterocycles. The van der Waals surface area contributed by atoms with Crippen LogP contribution in [0.5, 0.6) is 5.75 Å². The number of nitrogens with one attached hydrogen (secondary N) is 2. The second kappa shape index (κ2) is 6.57. The molecule has 1 heterocycles. The molecule has 0 aliphatic heterocycles. The fourth-order valence-corrected chi connectivity index (χ4v) is 2.45. The third-order valence-electron chi connectivity index (χ3n) is 3.56. The van der Waals surface area contributed by atoms with E-state index in [1.807, 2.05) is 50.4 Å². The molecular formula is C19H20N2O2. The molecule has 0 fully saturated rings. The van der Waals surface area contributed by atoms with Crippen molar-refractivity contribution in [3.63, 3.8) is 0 Å². The van der Waals surface area contributed by atoms with Gasteiger partial charge in [-0.25, -0.2) is 0 Å². The number of aromatic amines is 1. The number of amides is 1. The maximum atomic E-state index is 12.2. The van der Waals surface area contributed by atoms with Gasteiger partial charge in [0.05, 0.1) is 6.10 Å². The molecule has 0 radical (unpaired) electrons. The average molecular weight is 308 g/mol. The summed E-state index contributed by atoms with van der Waals surface area (Å²) in [4.78, 5) is 15.4. The predicted molar refractivity (Wildman–Crippen MR) is 91.7 cm³/mol. The van der Waals surface area contributed by atoms with Crippen LogP contribution in [0.25, 0.3) is 10.9 Å². The van der Waals surface area contributed by atoms with Crippen LogP contribution < -0.4 is 10.1 Å². The van der Waals surface area contributed by atoms with Gasteiger partial charge in [0, 0.05) is 23.8 Å². The molecule has 0 aliphatic carbocycles. The molecule has 3 aromatic rings. The lowest BCUT2D eigenvalue weighted by molar-refractivity contribution is 0.0951. The highest BCUT2D eigenvalue weighted by Gasteiger charge is 2.06. The summed E-state index contributed by atoms with van der Waals surface area (Å²) in [6.07, 6.45) is 2.03. The van der Waals surface area contributed by atoms with E-state index in [0.717, 1.165) is 22.2 Å². The minimum Gasteiger partial charge on any atom is -0.491 e. The summed E-state index contributed by atoms with van der Waals surface area (Å²) >= 11 is 0. The molecule has 0 unspecified atom stereocenters. The third-order valence-corrected chi connectivity index (χ3v) is 3.56. The Morgan fingerprint density at radius 2 is 1.91 bits per heavy atom. The fourth-order valence-electron chi connectivity index (χ4n) is 2.45. The van der Waals surface area contributed by atoms with Crippen molar-refractivity contribution in [1.82, 2.24) is 10.3 Å². The van der Waals surface area contributed by atoms with Crippen LogP contribution in [0.1, 0.15) is 29.8 Å². The smallest absolute Gasteiger partial charge is 0.251 e. The van der Waals surface area contributed by atoms with Crippen molar-refractivity contribution < 1.29 is 9.53 Å². The van der Waals surface area contributed by atoms with E-state index in [4.69, 9.17) is 4.74 Å². The Morgan fingerprint density at radius 1 is 1.13 bits per heavy atom. The molecule has 0 atom stereocenters. The number of hydrogen-bond acceptors (Lipinski definition) is 2. The highest BCUT2D eigenvalue weighted by Crippen LogP contribution is 2.15. The predicted octanol–water partition coefficient (Wildman–Crippen LogP) is 3.89. The first-order chi connectivity index (χ1) is 11.1. The molecular weight excluding hydrogens is 288 g/mol. The van der Waals surface area contributed by atoms with Gasteiger partial charge in [-0.1, -0.05) is 6.07 Å². The molecule has 0 spiro atoms. The summed E-state index contributed by atoms with van der Waals surface area (Å²) in [6, 6.07) is 15.3. The molecule has 0 bridgehead atoms. The first-order valence-electron chi connectivity index (χ1n) is 7.73. The topological polar surface area (TPSA) is 54.1 Å². The Labute approximate surface area is 135 Å². The van der Waals surface area contributed by atoms with E-state index in [0.29, 0.717) is 12.1 Å². The van der Waals surface area contributed by atoms with Crippen molar-refractivity contribution in [3.8, 4) is 5.75 Å². The minimum absolute atomic E-state index is 0.0877. The summed E-state index contributed by atoms with van der Waals surface area (Å²) in [6.45, 7) is 4.45. The highest BCUT2D eigenvalue weighted by atomic mass is 16.5. The molecule has 118 valence electrons. The van der Waals surface area contributed by atoms with Gasteiger partial charge < -0.3 is 15.0 Å². The number of rotatable bonds is 5. The zero-order valence-electron chi connectivity index (χ0n) is 13.3. The monoisotopic (exact) mass is 308 g/mol. The molecule has 23 heavy (non-hydrogen) atoms. The van der Waals surface area contributed by atoms with E-state index in [1.165, 1.54) is 0 Å². The largest absolute Gasteiger partial charge is 0.491 e. The van der Waals surface area contributed by atoms with Gasteiger partial charge in [0.1, 0.15) is 5.75 Å². The molecule has 1 aromatic heterocycles. The second-order valence-corrected chi connectivity index (χ2v) is 5.77. The Balaban J connectivity index is 1.62. The molecule has 1 amide bonds. The van der Waals surface area contributed by atoms with Gasteiger partial charge in [-0.2, -0.15) is 0 Å². The number of ether oxygens (including phenoxy) is 1. The zero-order valence-corrected chi connectivity index (χ0v) is 13.3. The van der Waals surface area contributed by atoms with Gasteiger partial charge in [0.15, 0.2) is 0 Å². The SMILES string of the molecule is CC(C)Oc1ccc(C(=O)NCc2ccc3[nH]ccc3c2)cc1. The fraction of sp³-hybridized carbons (Fsp3) is 0.211. The van der Waals surface area contributed by atoms with Crippen LogP contribution in [0.15, 0.2) is 54.7 Å². The van der Waals surface area contributed by atoms with E-state index in [-0.39, 0.29) is 12.0 Å². The Hall–Kier alpha value is -2.75. The summed E-state index contributed by atoms with van der Waals surface area (Å²) < 4.78 is 5.58. The van der Waals surface area contributed by atoms with Crippen molar-refractivity contribution in [2.24, 2.45) is 0 Å². The lowest BCUT2D eigenvalue weighted by atomic mass is 10.1. The van der Waals surface area contributed by atoms with Gasteiger partial charge in [0.2, 0.25) is 0 Å². The number of fused-ring (bicyclic) bond motifs is 1. The van der Waals surface area contributed by atoms with E-state index < -0.39 is 0 Å². The first-order valence-corrected chi connectivity index (χ1v) is 7.73. The summed E-state index contributed by atoms with van der Waals surface area (Å²) in [5.74, 6) is 0.685. The number of aromatic nitrogens is 1. The number of hydrogen-bond donors (Lipinski definition) is 2. The Kier molecular flexibility index (Phi) is 4.33. The Morgan fingerprint density at radius 3 is 2.65 bits per heavy atom. The average Bonchev–Trinajstić information content (AvgIpc) is 3.00. The van der Waals surface area contributed by atoms with E-state index in [2.05, 4.69) is 16.4 Å². The van der Waals surface area contributed by atoms with Crippen molar-refractivity contribution in [2.45, 2.75) is 26.5 Å². The molecule has 0 aliphatic rings. The lowest BCUT2D eigenvalue weighted by Crippen LogP contribution is -2.22. The van der Waals surface area contributed by atoms with Crippen molar-refractivity contribution in [2.75, 3.05) is 0 Å². The number of carbonyl (C=O) groups excluding carboxylic acids is 1. The maximum absolute atomic E-state index is 12.2. The maximum Gasteiger partial charge on any atom is 0.251 e. The quantitative estimate of drug-likeness (QED) is 0.751. The molecule has 4 heteroatoms. The summed E-state index contributed by atoms with van der Waals surface area (Å²) in [5.41, 5.74) is 2.80. The molecule has 2 N–H and O–H groups in total. The molecule has 2 aromatic carbocycles. The van der Waals surface area contributed by atoms with Crippen LogP contribution in [0.3, 0.4) is 0 Å². The van der Waals surface area contributed by atoms with Crippen LogP contribution in [-0.4, -0.2) is 17.0 Å².